The standard InChI is InChI=1S/C43H25N3S2.C26H15BrN2S.C23H22BNO2S/c1-3-13-39-32(7-1)34-9-5-11-36(41(34)47-39)38-20-19-29(23-44-38)27-17-15-26-16-18-28(22-30(26)21-27)31-24-45-43(46-25-31)37-12-6-10-35-33-8-2-4-14-40(33)48-42(35)37;27-20-11-10-16-8-9-17(12-18(16)13-20)19-14-28-26(29-15-19)23-6-3-5-22-21-4-1-2-7-24(21)30-25(22)23;1-22(2)23(3,4)27-24(26-22)15-12-13-19(25-14-15)18-10-7-9-17-16-8-5-6-11-20(16)28-21(17)18/h1-25H;1-15H;5-14H,1-4H3. The number of pyridine rings is 2. The first-order valence-corrected chi connectivity index (χ1v) is 39.2. The summed E-state index contributed by atoms with van der Waals surface area (Å²) in [5.41, 5.74) is 13.2. The molecule has 506 valence electrons. The first kappa shape index (κ1) is 65.7. The second kappa shape index (κ2) is 26.8. The molecule has 0 unspecified atom stereocenters. The molecule has 8 nitrogen and oxygen atoms in total. The number of halogens is 1. The van der Waals surface area contributed by atoms with Gasteiger partial charge in [0.15, 0.2) is 11.6 Å². The monoisotopic (exact) mass is 1500 g/mol. The molecule has 1 fully saturated rings. The van der Waals surface area contributed by atoms with E-state index < -0.39 is 0 Å². The summed E-state index contributed by atoms with van der Waals surface area (Å²) in [5, 5.41) is 15.1. The van der Waals surface area contributed by atoms with Gasteiger partial charge in [0.05, 0.1) is 22.6 Å². The minimum absolute atomic E-state index is 0.348. The lowest BCUT2D eigenvalue weighted by Crippen LogP contribution is -2.41. The molecule has 1 aliphatic rings. The summed E-state index contributed by atoms with van der Waals surface area (Å²) in [7, 11) is -0.383. The molecule has 20 aromatic rings. The molecule has 106 heavy (non-hydrogen) atoms. The van der Waals surface area contributed by atoms with Gasteiger partial charge in [-0.1, -0.05) is 204 Å². The fourth-order valence-corrected chi connectivity index (χ4v) is 19.6. The van der Waals surface area contributed by atoms with E-state index in [1.165, 1.54) is 113 Å². The van der Waals surface area contributed by atoms with Crippen molar-refractivity contribution in [1.29, 1.82) is 0 Å². The molecule has 12 aromatic carbocycles. The lowest BCUT2D eigenvalue weighted by molar-refractivity contribution is 0.00578. The second-order valence-electron chi connectivity index (χ2n) is 27.7. The van der Waals surface area contributed by atoms with Gasteiger partial charge >= 0.3 is 7.12 Å². The average Bonchev–Trinajstić information content (AvgIpc) is 1.58. The summed E-state index contributed by atoms with van der Waals surface area (Å²) < 4.78 is 23.6. The Morgan fingerprint density at radius 3 is 1.01 bits per heavy atom. The zero-order valence-corrected chi connectivity index (χ0v) is 62.8. The maximum absolute atomic E-state index is 6.15. The van der Waals surface area contributed by atoms with E-state index in [0.29, 0.717) is 0 Å². The van der Waals surface area contributed by atoms with Crippen molar-refractivity contribution in [3.63, 3.8) is 0 Å². The van der Waals surface area contributed by atoms with Crippen molar-refractivity contribution < 1.29 is 9.31 Å². The third kappa shape index (κ3) is 12.0. The summed E-state index contributed by atoms with van der Waals surface area (Å²) in [5.74, 6) is 1.51. The molecule has 0 radical (unpaired) electrons. The number of benzene rings is 12. The van der Waals surface area contributed by atoms with Crippen molar-refractivity contribution >= 4 is 176 Å². The minimum atomic E-state index is -0.383. The highest BCUT2D eigenvalue weighted by molar-refractivity contribution is 9.10. The van der Waals surface area contributed by atoms with E-state index in [-0.39, 0.29) is 18.3 Å². The third-order valence-corrected chi connectivity index (χ3v) is 26.0. The van der Waals surface area contributed by atoms with E-state index >= 15 is 0 Å². The smallest absolute Gasteiger partial charge is 0.399 e. The van der Waals surface area contributed by atoms with Gasteiger partial charge in [-0.05, 0) is 145 Å². The quantitative estimate of drug-likeness (QED) is 0.139. The van der Waals surface area contributed by atoms with Crippen LogP contribution in [0.4, 0.5) is 0 Å². The zero-order chi connectivity index (χ0) is 71.2. The van der Waals surface area contributed by atoms with Crippen LogP contribution in [0.3, 0.4) is 0 Å². The van der Waals surface area contributed by atoms with Crippen molar-refractivity contribution in [2.45, 2.75) is 38.9 Å². The first-order chi connectivity index (χ1) is 51.9. The topological polar surface area (TPSA) is 95.8 Å². The highest BCUT2D eigenvalue weighted by Gasteiger charge is 2.52. The molecule has 0 amide bonds. The van der Waals surface area contributed by atoms with Crippen LogP contribution >= 0.6 is 61.3 Å². The number of aromatic nitrogens is 6. The van der Waals surface area contributed by atoms with Crippen LogP contribution in [0.5, 0.6) is 0 Å². The highest BCUT2D eigenvalue weighted by atomic mass is 79.9. The maximum Gasteiger partial charge on any atom is 0.496 e. The van der Waals surface area contributed by atoms with Crippen LogP contribution in [-0.2, 0) is 9.31 Å². The van der Waals surface area contributed by atoms with Gasteiger partial charge in [0.25, 0.3) is 0 Å². The zero-order valence-electron chi connectivity index (χ0n) is 58.0. The van der Waals surface area contributed by atoms with Crippen LogP contribution in [0, 0.1) is 0 Å². The van der Waals surface area contributed by atoms with Gasteiger partial charge < -0.3 is 9.31 Å². The molecule has 21 rings (SSSR count). The lowest BCUT2D eigenvalue weighted by atomic mass is 9.80. The third-order valence-electron chi connectivity index (χ3n) is 20.7. The first-order valence-electron chi connectivity index (χ1n) is 35.2. The molecule has 1 aliphatic heterocycles. The molecule has 0 saturated carbocycles. The Labute approximate surface area is 636 Å². The summed E-state index contributed by atoms with van der Waals surface area (Å²) >= 11 is 10.8. The van der Waals surface area contributed by atoms with Crippen molar-refractivity contribution in [2.24, 2.45) is 0 Å². The number of thiophene rings is 4. The number of rotatable bonds is 8. The fourth-order valence-electron chi connectivity index (χ4n) is 14.4. The Morgan fingerprint density at radius 2 is 0.613 bits per heavy atom. The van der Waals surface area contributed by atoms with Crippen molar-refractivity contribution in [3.05, 3.63) is 309 Å². The molecule has 0 bridgehead atoms. The van der Waals surface area contributed by atoms with E-state index in [2.05, 4.69) is 311 Å². The Morgan fingerprint density at radius 1 is 0.283 bits per heavy atom. The van der Waals surface area contributed by atoms with Crippen LogP contribution in [0.2, 0.25) is 0 Å². The number of fused-ring (bicyclic) bond motifs is 14. The summed E-state index contributed by atoms with van der Waals surface area (Å²) in [6.45, 7) is 8.27. The molecular weight excluding hydrogens is 1440 g/mol. The van der Waals surface area contributed by atoms with Gasteiger partial charge in [-0.15, -0.1) is 45.3 Å². The van der Waals surface area contributed by atoms with Crippen LogP contribution in [0.1, 0.15) is 27.7 Å². The molecule has 1 saturated heterocycles. The van der Waals surface area contributed by atoms with Crippen LogP contribution in [0.15, 0.2) is 309 Å². The van der Waals surface area contributed by atoms with Crippen LogP contribution < -0.4 is 5.46 Å². The van der Waals surface area contributed by atoms with Crippen molar-refractivity contribution in [2.75, 3.05) is 0 Å². The van der Waals surface area contributed by atoms with E-state index in [4.69, 9.17) is 39.2 Å². The Balaban J connectivity index is 0.000000115. The van der Waals surface area contributed by atoms with Crippen molar-refractivity contribution in [1.82, 2.24) is 29.9 Å². The number of nitrogens with zero attached hydrogens (tertiary/aromatic N) is 6. The van der Waals surface area contributed by atoms with Crippen LogP contribution in [-0.4, -0.2) is 48.2 Å². The van der Waals surface area contributed by atoms with E-state index in [1.807, 2.05) is 59.9 Å². The van der Waals surface area contributed by atoms with Gasteiger partial charge in [-0.25, -0.2) is 19.9 Å². The van der Waals surface area contributed by atoms with Gasteiger partial charge in [-0.3, -0.25) is 9.97 Å². The summed E-state index contributed by atoms with van der Waals surface area (Å²) in [6, 6.07) is 94.4. The molecule has 9 heterocycles. The SMILES string of the molecule is Brc1ccc2ccc(-c3cnc(-c4cccc5c4sc4ccccc45)nc3)cc2c1.CC1(C)OB(c2ccc(-c3cccc4c3sc3ccccc34)nc2)OC1(C)C.c1ccc2c(c1)sc1c(-c3ccc(-c4ccc5ccc(-c6cnc(-c7cccc8c7sc7ccccc78)nc6)cc5c4)cn3)cccc12. The van der Waals surface area contributed by atoms with Gasteiger partial charge in [-0.2, -0.15) is 0 Å². The molecule has 8 aromatic heterocycles. The number of hydrogen-bond donors (Lipinski definition) is 0. The molecule has 0 atom stereocenters. The van der Waals surface area contributed by atoms with Crippen molar-refractivity contribution in [3.8, 4) is 78.7 Å². The van der Waals surface area contributed by atoms with Crippen LogP contribution in [0.25, 0.3) is 181 Å². The summed E-state index contributed by atoms with van der Waals surface area (Å²) in [4.78, 5) is 28.8. The fraction of sp³-hybridized carbons (Fsp3) is 0.0652. The van der Waals surface area contributed by atoms with Gasteiger partial charge in [0, 0.05) is 167 Å². The minimum Gasteiger partial charge on any atom is -0.399 e. The predicted molar refractivity (Wildman–Crippen MR) is 454 cm³/mol. The second-order valence-corrected chi connectivity index (χ2v) is 32.8. The molecule has 0 N–H and O–H groups in total. The van der Waals surface area contributed by atoms with Gasteiger partial charge in [0.1, 0.15) is 0 Å². The largest absolute Gasteiger partial charge is 0.496 e. The Kier molecular flexibility index (Phi) is 16.6. The average molecular weight is 1500 g/mol. The van der Waals surface area contributed by atoms with E-state index in [0.717, 1.165) is 77.5 Å². The maximum atomic E-state index is 6.15. The molecular formula is C92H62BBrN6O2S4. The highest BCUT2D eigenvalue weighted by Crippen LogP contribution is 2.45. The molecule has 0 spiro atoms. The normalized spacial score (nSPS) is 13.4. The lowest BCUT2D eigenvalue weighted by Gasteiger charge is -2.32. The summed E-state index contributed by atoms with van der Waals surface area (Å²) in [6.07, 6.45) is 11.6. The predicted octanol–water partition coefficient (Wildman–Crippen LogP) is 25.9. The number of hydrogen-bond acceptors (Lipinski definition) is 12. The Bertz CT molecular complexity index is 6610. The Hall–Kier alpha value is -11.0. The molecule has 14 heteroatoms. The van der Waals surface area contributed by atoms with Gasteiger partial charge in [0.2, 0.25) is 0 Å². The van der Waals surface area contributed by atoms with E-state index in [9.17, 15) is 0 Å². The molecule has 0 aliphatic carbocycles. The van der Waals surface area contributed by atoms with E-state index in [1.54, 1.807) is 22.7 Å².